The molecule has 6 heterocycles. The van der Waals surface area contributed by atoms with Crippen LogP contribution in [-0.2, 0) is 0 Å². The first kappa shape index (κ1) is 51.5. The molecule has 18 aromatic rings. The molecule has 6 aromatic heterocycles. The van der Waals surface area contributed by atoms with Crippen molar-refractivity contribution in [1.82, 2.24) is 47.8 Å². The third-order valence-corrected chi connectivity index (χ3v) is 18.9. The molecule has 0 atom stereocenters. The van der Waals surface area contributed by atoms with Crippen LogP contribution in [0.3, 0.4) is 0 Å². The lowest BCUT2D eigenvalue weighted by Crippen LogP contribution is -1.95. The van der Waals surface area contributed by atoms with E-state index >= 15 is 0 Å². The van der Waals surface area contributed by atoms with Gasteiger partial charge >= 0.3 is 0 Å². The molecule has 0 amide bonds. The molecule has 0 saturated carbocycles. The van der Waals surface area contributed by atoms with Crippen LogP contribution in [0.15, 0.2) is 280 Å². The zero-order valence-electron chi connectivity index (χ0n) is 47.8. The summed E-state index contributed by atoms with van der Waals surface area (Å²) in [4.78, 5) is 27.7. The summed E-state index contributed by atoms with van der Waals surface area (Å²) in [5, 5.41) is 13.4. The molecule has 0 fully saturated rings. The molecule has 0 saturated heterocycles. The summed E-state index contributed by atoms with van der Waals surface area (Å²) in [6.07, 6.45) is 4.87. The van der Waals surface area contributed by atoms with Crippen molar-refractivity contribution < 1.29 is 0 Å². The second-order valence-electron chi connectivity index (χ2n) is 22.6. The van der Waals surface area contributed by atoms with E-state index in [1.165, 1.54) is 79.3 Å². The minimum Gasteiger partial charge on any atom is -0.309 e. The highest BCUT2D eigenvalue weighted by molar-refractivity contribution is 7.09. The predicted octanol–water partition coefficient (Wildman–Crippen LogP) is 20.0. The zero-order chi connectivity index (χ0) is 59.2. The summed E-state index contributed by atoms with van der Waals surface area (Å²) < 4.78 is 14.4. The highest BCUT2D eigenvalue weighted by Gasteiger charge is 2.20. The summed E-state index contributed by atoms with van der Waals surface area (Å²) in [5.74, 6) is 1.98. The van der Waals surface area contributed by atoms with E-state index in [0.717, 1.165) is 121 Å². The molecule has 0 unspecified atom stereocenters. The van der Waals surface area contributed by atoms with Crippen LogP contribution in [-0.4, -0.2) is 47.8 Å². The highest BCUT2D eigenvalue weighted by atomic mass is 32.1. The fourth-order valence-corrected chi connectivity index (χ4v) is 14.5. The van der Waals surface area contributed by atoms with Crippen LogP contribution < -0.4 is 0 Å². The Bertz CT molecular complexity index is 5900. The molecule has 420 valence electrons. The minimum absolute atomic E-state index is 0.606. The maximum atomic E-state index is 5.18. The number of hydrogen-bond donors (Lipinski definition) is 0. The number of rotatable bonds is 10. The Balaban J connectivity index is 0.612. The maximum absolute atomic E-state index is 5.18. The van der Waals surface area contributed by atoms with E-state index in [0.29, 0.717) is 11.6 Å². The Morgan fingerprint density at radius 1 is 0.278 bits per heavy atom. The average Bonchev–Trinajstić information content (AvgIpc) is 1.69. The van der Waals surface area contributed by atoms with Gasteiger partial charge in [-0.3, -0.25) is 4.57 Å². The van der Waals surface area contributed by atoms with Crippen LogP contribution in [0.1, 0.15) is 0 Å². The molecule has 0 bridgehead atoms. The molecule has 90 heavy (non-hydrogen) atoms. The van der Waals surface area contributed by atoms with Gasteiger partial charge < -0.3 is 4.57 Å². The number of aromatic nitrogens is 10. The van der Waals surface area contributed by atoms with Crippen molar-refractivity contribution in [2.45, 2.75) is 0 Å². The minimum atomic E-state index is 0.606. The van der Waals surface area contributed by atoms with Gasteiger partial charge in [-0.1, -0.05) is 158 Å². The number of fused-ring (bicyclic) bond motifs is 9. The topological polar surface area (TPSA) is 113 Å². The number of hydrogen-bond acceptors (Lipinski definition) is 10. The van der Waals surface area contributed by atoms with Gasteiger partial charge in [0.25, 0.3) is 0 Å². The Morgan fingerprint density at radius 2 is 0.800 bits per heavy atom. The Morgan fingerprint density at radius 3 is 1.64 bits per heavy atom. The molecule has 12 aromatic carbocycles. The van der Waals surface area contributed by atoms with Crippen LogP contribution >= 0.6 is 23.1 Å². The molecule has 18 rings (SSSR count). The van der Waals surface area contributed by atoms with Gasteiger partial charge in [0.05, 0.1) is 16.6 Å². The van der Waals surface area contributed by atoms with E-state index in [1.807, 2.05) is 36.5 Å². The normalized spacial score (nSPS) is 11.8. The van der Waals surface area contributed by atoms with Crippen LogP contribution in [0.2, 0.25) is 0 Å². The third-order valence-electron chi connectivity index (χ3n) is 17.3. The largest absolute Gasteiger partial charge is 0.309 e. The van der Waals surface area contributed by atoms with E-state index < -0.39 is 0 Å². The van der Waals surface area contributed by atoms with Gasteiger partial charge in [0.15, 0.2) is 17.5 Å². The van der Waals surface area contributed by atoms with Crippen LogP contribution in [0.4, 0.5) is 0 Å². The standard InChI is InChI=1S/C78H46N10S2/c1-2-20-62-47(11-1)12-8-22-63(62)53-14-7-19-60(42-53)87-70-25-4-3-21-66(70)68-43-57(30-34-71(68)87)75-84-77(89-86-75)58-18-5-13-48(39-58)50-29-33-65-52(37-50)15-9-23-64(65)54-27-26-51-41-61(32-28-49(51)38-54)88-72-35-31-59(44-69(72)67-24-10-36-80-76(67)88)78-83-74(85-90-78)56-17-6-16-55(40-56)73-81-45-79-46-82-73/h1-46H. The molecule has 0 N–H and O–H groups in total. The van der Waals surface area contributed by atoms with Crippen molar-refractivity contribution in [3.05, 3.63) is 280 Å². The van der Waals surface area contributed by atoms with Crippen LogP contribution in [0, 0.1) is 0 Å². The fraction of sp³-hybridized carbons (Fsp3) is 0. The lowest BCUT2D eigenvalue weighted by molar-refractivity contribution is 1.06. The summed E-state index contributed by atoms with van der Waals surface area (Å²) >= 11 is 2.83. The van der Waals surface area contributed by atoms with Crippen molar-refractivity contribution in [2.24, 2.45) is 0 Å². The molecule has 0 spiro atoms. The molecule has 0 radical (unpaired) electrons. The van der Waals surface area contributed by atoms with Crippen LogP contribution in [0.5, 0.6) is 0 Å². The highest BCUT2D eigenvalue weighted by Crippen LogP contribution is 2.41. The number of pyridine rings is 1. The molecule has 0 aliphatic heterocycles. The Labute approximate surface area is 523 Å². The van der Waals surface area contributed by atoms with E-state index in [2.05, 4.69) is 255 Å². The lowest BCUT2D eigenvalue weighted by atomic mass is 9.93. The molecular weight excluding hydrogens is 1140 g/mol. The zero-order valence-corrected chi connectivity index (χ0v) is 49.5. The monoisotopic (exact) mass is 1190 g/mol. The Hall–Kier alpha value is -11.7. The van der Waals surface area contributed by atoms with Gasteiger partial charge in [0, 0.05) is 66.9 Å². The van der Waals surface area contributed by atoms with Gasteiger partial charge in [-0.2, -0.15) is 8.75 Å². The summed E-state index contributed by atoms with van der Waals surface area (Å²) in [6, 6.07) is 93.6. The van der Waals surface area contributed by atoms with Crippen molar-refractivity contribution in [3.63, 3.8) is 0 Å². The van der Waals surface area contributed by atoms with Crippen LogP contribution in [0.25, 0.3) is 176 Å². The number of benzene rings is 12. The number of para-hydroxylation sites is 1. The number of nitrogens with zero attached hydrogens (tertiary/aromatic N) is 10. The molecule has 10 nitrogen and oxygen atoms in total. The van der Waals surface area contributed by atoms with Crippen molar-refractivity contribution in [1.29, 1.82) is 0 Å². The molecule has 0 aliphatic rings. The van der Waals surface area contributed by atoms with Gasteiger partial charge in [-0.25, -0.2) is 29.9 Å². The van der Waals surface area contributed by atoms with Gasteiger partial charge in [0.1, 0.15) is 28.3 Å². The van der Waals surface area contributed by atoms with Crippen molar-refractivity contribution in [3.8, 4) is 100 Å². The van der Waals surface area contributed by atoms with E-state index in [1.54, 1.807) is 0 Å². The summed E-state index contributed by atoms with van der Waals surface area (Å²) in [6.45, 7) is 0. The van der Waals surface area contributed by atoms with Gasteiger partial charge in [-0.05, 0) is 192 Å². The van der Waals surface area contributed by atoms with Gasteiger partial charge in [-0.15, -0.1) is 0 Å². The first-order chi connectivity index (χ1) is 44.6. The second kappa shape index (κ2) is 21.0. The van der Waals surface area contributed by atoms with Crippen molar-refractivity contribution in [2.75, 3.05) is 0 Å². The second-order valence-corrected chi connectivity index (χ2v) is 24.1. The summed E-state index contributed by atoms with van der Waals surface area (Å²) in [5.41, 5.74) is 18.2. The summed E-state index contributed by atoms with van der Waals surface area (Å²) in [7, 11) is 0. The first-order valence-corrected chi connectivity index (χ1v) is 31.2. The predicted molar refractivity (Wildman–Crippen MR) is 369 cm³/mol. The molecule has 0 aliphatic carbocycles. The van der Waals surface area contributed by atoms with Crippen molar-refractivity contribution >= 4 is 99.1 Å². The first-order valence-electron chi connectivity index (χ1n) is 29.7. The quantitative estimate of drug-likeness (QED) is 0.133. The molecular formula is C78H46N10S2. The van der Waals surface area contributed by atoms with E-state index in [-0.39, 0.29) is 0 Å². The van der Waals surface area contributed by atoms with Gasteiger partial charge in [0.2, 0.25) is 0 Å². The SMILES string of the molecule is c1cc(-c2ncncn2)cc(-c2nsc(-c3ccc4c(c3)c3cccnc3n4-c3ccc4cc(-c5cccc6cc(-c7cccc(-c8nc(-c9ccc%10c(c9)c9ccccc9n%10-c9cccc(-c%10cccc%11ccccc%10%11)c9)ns8)c7)ccc56)ccc4c3)n2)c1. The van der Waals surface area contributed by atoms with E-state index in [4.69, 9.17) is 23.7 Å². The third kappa shape index (κ3) is 8.75. The fourth-order valence-electron chi connectivity index (χ4n) is 13.1. The maximum Gasteiger partial charge on any atom is 0.173 e. The average molecular weight is 1190 g/mol. The van der Waals surface area contributed by atoms with E-state index in [9.17, 15) is 0 Å². The molecule has 12 heteroatoms. The Kier molecular flexibility index (Phi) is 12.0. The lowest BCUT2D eigenvalue weighted by Gasteiger charge is -2.12. The smallest absolute Gasteiger partial charge is 0.173 e.